The maximum absolute atomic E-state index is 3.51. The molecule has 0 aliphatic rings. The normalized spacial score (nSPS) is 9.28. The number of rotatable bonds is 0. The van der Waals surface area contributed by atoms with Crippen molar-refractivity contribution in [2.24, 2.45) is 0 Å². The zero-order chi connectivity index (χ0) is 24.7. The molecule has 4 aromatic carbocycles. The molecule has 0 saturated carbocycles. The van der Waals surface area contributed by atoms with Crippen LogP contribution < -0.4 is 0 Å². The maximum Gasteiger partial charge on any atom is -0.0262 e. The molecule has 0 aliphatic carbocycles. The minimum Gasteiger partial charge on any atom is -0.164 e. The van der Waals surface area contributed by atoms with Crippen LogP contribution in [0.5, 0.6) is 0 Å². The van der Waals surface area contributed by atoms with Gasteiger partial charge in [0.2, 0.25) is 0 Å². The summed E-state index contributed by atoms with van der Waals surface area (Å²) < 4.78 is 2.37. The first-order valence-electron chi connectivity index (χ1n) is 10.2. The molecule has 0 bridgehead atoms. The van der Waals surface area contributed by atoms with E-state index in [4.69, 9.17) is 0 Å². The van der Waals surface area contributed by atoms with E-state index < -0.39 is 0 Å². The van der Waals surface area contributed by atoms with E-state index in [1.807, 2.05) is 0 Å². The number of hydrogen-bond acceptors (Lipinski definition) is 0. The van der Waals surface area contributed by atoms with Crippen molar-refractivity contribution in [1.29, 1.82) is 0 Å². The molecule has 0 saturated heterocycles. The van der Waals surface area contributed by atoms with Crippen LogP contribution in [0.4, 0.5) is 0 Å². The molecule has 0 unspecified atom stereocenters. The Morgan fingerprint density at radius 3 is 1.25 bits per heavy atom. The second-order valence-corrected chi connectivity index (χ2v) is 18.5. The summed E-state index contributed by atoms with van der Waals surface area (Å²) >= 11 is 8.76. The van der Waals surface area contributed by atoms with Crippen LogP contribution in [0.2, 0.25) is 13.1 Å². The van der Waals surface area contributed by atoms with Crippen LogP contribution in [-0.4, -0.2) is 33.6 Å². The van der Waals surface area contributed by atoms with Crippen molar-refractivity contribution in [3.05, 3.63) is 91.4 Å². The van der Waals surface area contributed by atoms with Gasteiger partial charge < -0.3 is 10.6 Å². The molecule has 0 aromatic heterocycles. The number of hydrogen-bond donors (Lipinski definition) is 0. The van der Waals surface area contributed by atoms with Crippen molar-refractivity contribution < 1.29 is 23.3 Å². The Morgan fingerprint density at radius 1 is 0.719 bits per heavy atom. The summed E-state index contributed by atoms with van der Waals surface area (Å²) in [7, 11) is 7.00. The molecule has 174 valence electrons. The molecule has 0 N–H and O–H groups in total. The largest absolute Gasteiger partial charge is 0.164 e. The van der Waals surface area contributed by atoms with E-state index in [9.17, 15) is 0 Å². The van der Waals surface area contributed by atoms with Gasteiger partial charge in [-0.25, -0.2) is 0 Å². The van der Waals surface area contributed by atoms with Crippen LogP contribution in [0.15, 0.2) is 69.6 Å². The molecule has 4 aromatic rings. The van der Waals surface area contributed by atoms with E-state index in [2.05, 4.69) is 130 Å². The molecule has 32 heavy (non-hydrogen) atoms. The second-order valence-electron chi connectivity index (χ2n) is 7.45. The molecule has 0 heterocycles. The third-order valence-corrected chi connectivity index (χ3v) is 5.07. The fraction of sp³-hybridized carbons (Fsp3) is 0.308. The minimum absolute atomic E-state index is 0.210. The van der Waals surface area contributed by atoms with Gasteiger partial charge in [0.05, 0.1) is 0 Å². The molecule has 2 nitrogen and oxygen atoms in total. The van der Waals surface area contributed by atoms with Crippen LogP contribution in [-0.2, 0) is 23.3 Å². The van der Waals surface area contributed by atoms with Gasteiger partial charge in [0.1, 0.15) is 0 Å². The van der Waals surface area contributed by atoms with Gasteiger partial charge in [-0.2, -0.15) is 40.3 Å². The van der Waals surface area contributed by atoms with Gasteiger partial charge in [-0.05, 0) is 8.95 Å². The SMILES string of the molecule is C[N-]C.C[N-]C.C[Si](C)=[Zr].Cc1cc2c(Br)cccc2[cH-]1.Cc1cc2c(Br)cccc2[cH-]1. The number of nitrogens with zero attached hydrogens (tertiary/aromatic N) is 2. The van der Waals surface area contributed by atoms with E-state index >= 15 is 0 Å². The summed E-state index contributed by atoms with van der Waals surface area (Å²) in [5, 5.41) is 12.3. The van der Waals surface area contributed by atoms with Crippen LogP contribution >= 0.6 is 31.9 Å². The average Bonchev–Trinajstić information content (AvgIpc) is 3.26. The predicted molar refractivity (Wildman–Crippen MR) is 152 cm³/mol. The first-order chi connectivity index (χ1) is 15.1. The van der Waals surface area contributed by atoms with Crippen LogP contribution in [0.1, 0.15) is 11.1 Å². The zero-order valence-electron chi connectivity index (χ0n) is 20.4. The monoisotopic (exact) mass is 650 g/mol. The molecule has 0 amide bonds. The number of benzene rings is 2. The first-order valence-corrected chi connectivity index (χ1v) is 18.0. The van der Waals surface area contributed by atoms with Gasteiger partial charge >= 0.3 is 41.9 Å². The third kappa shape index (κ3) is 12.8. The summed E-state index contributed by atoms with van der Waals surface area (Å²) in [6.07, 6.45) is 0. The van der Waals surface area contributed by atoms with Crippen LogP contribution in [0.25, 0.3) is 32.2 Å². The third-order valence-electron chi connectivity index (χ3n) is 3.68. The topological polar surface area (TPSA) is 28.2 Å². The van der Waals surface area contributed by atoms with E-state index in [0.29, 0.717) is 0 Å². The molecular weight excluding hydrogens is 619 g/mol. The molecule has 4 rings (SSSR count). The summed E-state index contributed by atoms with van der Waals surface area (Å²) in [5.74, 6) is 0. The molecule has 6 heteroatoms. The number of aryl methyl sites for hydroxylation is 2. The van der Waals surface area contributed by atoms with Gasteiger partial charge in [0.25, 0.3) is 0 Å². The van der Waals surface area contributed by atoms with Crippen molar-refractivity contribution >= 4 is 58.8 Å². The fourth-order valence-electron chi connectivity index (χ4n) is 2.69. The van der Waals surface area contributed by atoms with Crippen molar-refractivity contribution in [3.8, 4) is 0 Å². The van der Waals surface area contributed by atoms with Crippen molar-refractivity contribution in [3.63, 3.8) is 0 Å². The smallest absolute Gasteiger partial charge is 0.0262 e. The Hall–Kier alpha value is -0.360. The molecule has 0 atom stereocenters. The summed E-state index contributed by atoms with van der Waals surface area (Å²) in [6, 6.07) is 21.3. The molecule has 0 spiro atoms. The summed E-state index contributed by atoms with van der Waals surface area (Å²) in [5.41, 5.74) is 2.86. The standard InChI is InChI=1S/2C10H8Br.2C2H6N.C2H6Si.Zr/c2*1-7-5-8-3-2-4-10(11)9(8)6-7;3*1-3-2;/h2*2-6H,1H3;3*1-2H3;/q4*-1;;. The molecule has 0 fully saturated rings. The summed E-state index contributed by atoms with van der Waals surface area (Å²) in [4.78, 5) is 0. The maximum atomic E-state index is 3.51. The second kappa shape index (κ2) is 18.0. The van der Waals surface area contributed by atoms with Gasteiger partial charge in [-0.3, -0.25) is 0 Å². The Bertz CT molecular complexity index is 986. The van der Waals surface area contributed by atoms with Crippen molar-refractivity contribution in [1.82, 2.24) is 0 Å². The Balaban J connectivity index is 0.000000430. The van der Waals surface area contributed by atoms with Gasteiger partial charge in [-0.15, -0.1) is 69.1 Å². The van der Waals surface area contributed by atoms with E-state index in [0.717, 1.165) is 0 Å². The molecule has 0 aliphatic heterocycles. The average molecular weight is 654 g/mol. The van der Waals surface area contributed by atoms with E-state index in [1.165, 1.54) is 41.6 Å². The minimum atomic E-state index is 0.210. The summed E-state index contributed by atoms with van der Waals surface area (Å²) in [6.45, 7) is 8.85. The number of halogens is 2. The fourth-order valence-corrected chi connectivity index (χ4v) is 3.68. The molecular formula is C26H34Br2N2SiZr-4. The Labute approximate surface area is 226 Å². The predicted octanol–water partition coefficient (Wildman–Crippen LogP) is 9.28. The van der Waals surface area contributed by atoms with Crippen LogP contribution in [0.3, 0.4) is 0 Å². The number of fused-ring (bicyclic) bond motifs is 2. The quantitative estimate of drug-likeness (QED) is 0.134. The van der Waals surface area contributed by atoms with Crippen molar-refractivity contribution in [2.45, 2.75) is 26.9 Å². The van der Waals surface area contributed by atoms with Gasteiger partial charge in [0, 0.05) is 0 Å². The molecule has 0 radical (unpaired) electrons. The van der Waals surface area contributed by atoms with Crippen molar-refractivity contribution in [2.75, 3.05) is 28.2 Å². The zero-order valence-corrected chi connectivity index (χ0v) is 27.1. The first kappa shape index (κ1) is 31.6. The van der Waals surface area contributed by atoms with Crippen LogP contribution in [0, 0.1) is 13.8 Å². The van der Waals surface area contributed by atoms with Gasteiger partial charge in [0.15, 0.2) is 0 Å². The van der Waals surface area contributed by atoms with E-state index in [1.54, 1.807) is 51.5 Å². The Morgan fingerprint density at radius 2 is 1.00 bits per heavy atom. The Kier molecular flexibility index (Phi) is 17.8. The van der Waals surface area contributed by atoms with Gasteiger partial charge in [-0.1, -0.05) is 57.8 Å². The van der Waals surface area contributed by atoms with E-state index in [-0.39, 0.29) is 5.43 Å².